The summed E-state index contributed by atoms with van der Waals surface area (Å²) in [6.07, 6.45) is 1.50. The van der Waals surface area contributed by atoms with E-state index < -0.39 is 5.56 Å². The number of hydrogen-bond acceptors (Lipinski definition) is 5. The van der Waals surface area contributed by atoms with E-state index in [1.807, 2.05) is 0 Å². The Bertz CT molecular complexity index is 562. The Kier molecular flexibility index (Phi) is 5.08. The number of aliphatic hydroxyl groups is 1. The van der Waals surface area contributed by atoms with Gasteiger partial charge in [0.25, 0.3) is 11.5 Å². The first kappa shape index (κ1) is 15.7. The molecular formula is C14H21N3O4. The molecule has 0 spiro atoms. The lowest BCUT2D eigenvalue weighted by molar-refractivity contribution is -0.00559. The van der Waals surface area contributed by atoms with E-state index in [2.05, 4.69) is 10.2 Å². The summed E-state index contributed by atoms with van der Waals surface area (Å²) in [4.78, 5) is 26.1. The third kappa shape index (κ3) is 3.48. The zero-order valence-electron chi connectivity index (χ0n) is 12.4. The molecular weight excluding hydrogens is 274 g/mol. The molecule has 1 saturated heterocycles. The van der Waals surface area contributed by atoms with E-state index in [1.54, 1.807) is 18.7 Å². The van der Waals surface area contributed by atoms with E-state index in [9.17, 15) is 9.59 Å². The van der Waals surface area contributed by atoms with Gasteiger partial charge in [-0.1, -0.05) is 0 Å². The molecule has 0 atom stereocenters. The van der Waals surface area contributed by atoms with Crippen molar-refractivity contribution in [3.05, 3.63) is 27.2 Å². The Morgan fingerprint density at radius 3 is 2.71 bits per heavy atom. The highest BCUT2D eigenvalue weighted by Crippen LogP contribution is 2.17. The number of aliphatic hydroxyl groups excluding tert-OH is 1. The lowest BCUT2D eigenvalue weighted by Crippen LogP contribution is -2.43. The molecule has 1 aliphatic rings. The number of aryl methyl sites for hydroxylation is 1. The average molecular weight is 295 g/mol. The maximum Gasteiger partial charge on any atom is 0.277 e. The molecule has 7 heteroatoms. The Morgan fingerprint density at radius 1 is 1.43 bits per heavy atom. The van der Waals surface area contributed by atoms with Gasteiger partial charge < -0.3 is 14.7 Å². The topological polar surface area (TPSA) is 95.5 Å². The first-order valence-electron chi connectivity index (χ1n) is 7.12. The molecule has 1 aromatic rings. The molecule has 1 amide bonds. The van der Waals surface area contributed by atoms with Crippen LogP contribution in [0.1, 0.15) is 34.5 Å². The highest BCUT2D eigenvalue weighted by atomic mass is 16.5. The number of hydrogen-bond donors (Lipinski definition) is 2. The minimum absolute atomic E-state index is 0.00398. The van der Waals surface area contributed by atoms with Crippen LogP contribution < -0.4 is 5.56 Å². The molecule has 0 aromatic carbocycles. The number of carbonyl (C=O) groups is 1. The van der Waals surface area contributed by atoms with Crippen molar-refractivity contribution >= 4 is 5.91 Å². The van der Waals surface area contributed by atoms with Gasteiger partial charge in [0, 0.05) is 13.1 Å². The minimum atomic E-state index is -0.443. The minimum Gasteiger partial charge on any atom is -0.394 e. The lowest BCUT2D eigenvalue weighted by Gasteiger charge is -2.32. The van der Waals surface area contributed by atoms with Gasteiger partial charge in [0.2, 0.25) is 0 Å². The predicted molar refractivity (Wildman–Crippen MR) is 76.3 cm³/mol. The number of carbonyl (C=O) groups excluding carboxylic acids is 1. The second-order valence-corrected chi connectivity index (χ2v) is 5.22. The number of aromatic amines is 1. The van der Waals surface area contributed by atoms with Gasteiger partial charge in [-0.2, -0.15) is 5.10 Å². The molecule has 21 heavy (non-hydrogen) atoms. The summed E-state index contributed by atoms with van der Waals surface area (Å²) in [7, 11) is 0. The molecule has 0 unspecified atom stereocenters. The fourth-order valence-electron chi connectivity index (χ4n) is 2.49. The molecule has 0 aliphatic carbocycles. The van der Waals surface area contributed by atoms with Crippen molar-refractivity contribution in [3.8, 4) is 0 Å². The van der Waals surface area contributed by atoms with Crippen LogP contribution in [0.25, 0.3) is 0 Å². The summed E-state index contributed by atoms with van der Waals surface area (Å²) >= 11 is 0. The van der Waals surface area contributed by atoms with Crippen molar-refractivity contribution in [2.24, 2.45) is 0 Å². The third-order valence-electron chi connectivity index (χ3n) is 3.86. The van der Waals surface area contributed by atoms with E-state index >= 15 is 0 Å². The second-order valence-electron chi connectivity index (χ2n) is 5.22. The van der Waals surface area contributed by atoms with Crippen molar-refractivity contribution in [1.29, 1.82) is 0 Å². The SMILES string of the molecule is Cc1n[nH]c(=O)c(C(=O)N2CCC(OCCO)CC2)c1C. The van der Waals surface area contributed by atoms with Crippen molar-refractivity contribution in [3.63, 3.8) is 0 Å². The molecule has 2 heterocycles. The summed E-state index contributed by atoms with van der Waals surface area (Å²) in [5.74, 6) is -0.250. The summed E-state index contributed by atoms with van der Waals surface area (Å²) in [5.41, 5.74) is 1.01. The van der Waals surface area contributed by atoms with Crippen molar-refractivity contribution in [1.82, 2.24) is 15.1 Å². The van der Waals surface area contributed by atoms with E-state index in [1.165, 1.54) is 0 Å². The summed E-state index contributed by atoms with van der Waals surface area (Å²) < 4.78 is 5.47. The quantitative estimate of drug-likeness (QED) is 0.815. The van der Waals surface area contributed by atoms with Crippen LogP contribution in [0.15, 0.2) is 4.79 Å². The van der Waals surface area contributed by atoms with Crippen LogP contribution in [0.5, 0.6) is 0 Å². The molecule has 116 valence electrons. The molecule has 7 nitrogen and oxygen atoms in total. The van der Waals surface area contributed by atoms with Crippen LogP contribution in [-0.4, -0.2) is 58.5 Å². The van der Waals surface area contributed by atoms with Crippen LogP contribution in [-0.2, 0) is 4.74 Å². The number of aromatic nitrogens is 2. The molecule has 1 aliphatic heterocycles. The van der Waals surface area contributed by atoms with Crippen molar-refractivity contribution < 1.29 is 14.6 Å². The standard InChI is InChI=1S/C14H21N3O4/c1-9-10(2)15-16-13(19)12(9)14(20)17-5-3-11(4-6-17)21-8-7-18/h11,18H,3-8H2,1-2H3,(H,16,19). The number of rotatable bonds is 4. The summed E-state index contributed by atoms with van der Waals surface area (Å²) in [6.45, 7) is 4.92. The van der Waals surface area contributed by atoms with Gasteiger partial charge in [-0.15, -0.1) is 0 Å². The van der Waals surface area contributed by atoms with Gasteiger partial charge in [0.05, 0.1) is 25.0 Å². The van der Waals surface area contributed by atoms with Crippen LogP contribution in [0.4, 0.5) is 0 Å². The Balaban J connectivity index is 2.06. The van der Waals surface area contributed by atoms with Crippen LogP contribution in [0.2, 0.25) is 0 Å². The van der Waals surface area contributed by atoms with Gasteiger partial charge in [-0.3, -0.25) is 9.59 Å². The lowest BCUT2D eigenvalue weighted by atomic mass is 10.0. The highest BCUT2D eigenvalue weighted by molar-refractivity contribution is 5.95. The van der Waals surface area contributed by atoms with Crippen molar-refractivity contribution in [2.75, 3.05) is 26.3 Å². The fourth-order valence-corrected chi connectivity index (χ4v) is 2.49. The average Bonchev–Trinajstić information content (AvgIpc) is 2.49. The van der Waals surface area contributed by atoms with Crippen molar-refractivity contribution in [2.45, 2.75) is 32.8 Å². The van der Waals surface area contributed by atoms with E-state index in [0.29, 0.717) is 43.8 Å². The highest BCUT2D eigenvalue weighted by Gasteiger charge is 2.27. The van der Waals surface area contributed by atoms with Gasteiger partial charge in [0.1, 0.15) is 5.56 Å². The van der Waals surface area contributed by atoms with Crippen LogP contribution in [0, 0.1) is 13.8 Å². The maximum absolute atomic E-state index is 12.5. The number of likely N-dealkylation sites (tertiary alicyclic amines) is 1. The normalized spacial score (nSPS) is 16.2. The molecule has 1 aromatic heterocycles. The molecule has 2 rings (SSSR count). The summed E-state index contributed by atoms with van der Waals surface area (Å²) in [5, 5.41) is 15.0. The van der Waals surface area contributed by atoms with Crippen LogP contribution in [0.3, 0.4) is 0 Å². The number of amides is 1. The maximum atomic E-state index is 12.5. The Hall–Kier alpha value is -1.73. The molecule has 2 N–H and O–H groups in total. The van der Waals surface area contributed by atoms with E-state index in [-0.39, 0.29) is 24.2 Å². The smallest absolute Gasteiger partial charge is 0.277 e. The first-order valence-corrected chi connectivity index (χ1v) is 7.12. The Labute approximate surface area is 122 Å². The van der Waals surface area contributed by atoms with E-state index in [0.717, 1.165) is 0 Å². The third-order valence-corrected chi connectivity index (χ3v) is 3.86. The largest absolute Gasteiger partial charge is 0.394 e. The van der Waals surface area contributed by atoms with E-state index in [4.69, 9.17) is 9.84 Å². The summed E-state index contributed by atoms with van der Waals surface area (Å²) in [6, 6.07) is 0. The monoisotopic (exact) mass is 295 g/mol. The Morgan fingerprint density at radius 2 is 2.10 bits per heavy atom. The van der Waals surface area contributed by atoms with Crippen LogP contribution >= 0.6 is 0 Å². The number of ether oxygens (including phenoxy) is 1. The molecule has 0 radical (unpaired) electrons. The van der Waals surface area contributed by atoms with Gasteiger partial charge in [0.15, 0.2) is 0 Å². The zero-order valence-corrected chi connectivity index (χ0v) is 12.4. The van der Waals surface area contributed by atoms with Gasteiger partial charge in [-0.25, -0.2) is 5.10 Å². The fraction of sp³-hybridized carbons (Fsp3) is 0.643. The second kappa shape index (κ2) is 6.82. The zero-order chi connectivity index (χ0) is 15.4. The molecule has 0 saturated carbocycles. The number of nitrogens with one attached hydrogen (secondary N) is 1. The van der Waals surface area contributed by atoms with Gasteiger partial charge >= 0.3 is 0 Å². The van der Waals surface area contributed by atoms with Gasteiger partial charge in [-0.05, 0) is 32.3 Å². The number of H-pyrrole nitrogens is 1. The predicted octanol–water partition coefficient (Wildman–Crippen LogP) is 0.000240. The number of nitrogens with zero attached hydrogens (tertiary/aromatic N) is 2. The first-order chi connectivity index (χ1) is 10.0. The molecule has 1 fully saturated rings. The number of piperidine rings is 1. The molecule has 0 bridgehead atoms.